The number of benzene rings is 1. The molecule has 3 nitrogen and oxygen atoms in total. The summed E-state index contributed by atoms with van der Waals surface area (Å²) >= 11 is 0. The van der Waals surface area contributed by atoms with Crippen LogP contribution in [-0.2, 0) is 4.74 Å². The Kier molecular flexibility index (Phi) is 4.22. The molecule has 1 saturated carbocycles. The van der Waals surface area contributed by atoms with Crippen LogP contribution in [0.15, 0.2) is 36.7 Å². The first-order valence-electron chi connectivity index (χ1n) is 7.90. The molecule has 1 aromatic carbocycles. The second-order valence-electron chi connectivity index (χ2n) is 6.10. The largest absolute Gasteiger partial charge is 0.376 e. The van der Waals surface area contributed by atoms with E-state index in [4.69, 9.17) is 10.5 Å². The van der Waals surface area contributed by atoms with Crippen LogP contribution in [0.2, 0.25) is 0 Å². The number of nitrogens with two attached hydrogens (primary N) is 1. The molecule has 1 fully saturated rings. The third-order valence-corrected chi connectivity index (χ3v) is 4.97. The molecule has 2 N–H and O–H groups in total. The van der Waals surface area contributed by atoms with Crippen molar-refractivity contribution in [3.05, 3.63) is 42.2 Å². The fourth-order valence-corrected chi connectivity index (χ4v) is 3.67. The zero-order valence-corrected chi connectivity index (χ0v) is 12.7. The zero-order valence-electron chi connectivity index (χ0n) is 12.7. The van der Waals surface area contributed by atoms with Gasteiger partial charge >= 0.3 is 0 Å². The number of aromatic nitrogens is 1. The summed E-state index contributed by atoms with van der Waals surface area (Å²) in [6.45, 7) is 0. The minimum atomic E-state index is -0.228. The highest BCUT2D eigenvalue weighted by Gasteiger charge is 2.38. The highest BCUT2D eigenvalue weighted by atomic mass is 16.5. The van der Waals surface area contributed by atoms with Gasteiger partial charge in [0.2, 0.25) is 0 Å². The van der Waals surface area contributed by atoms with Gasteiger partial charge in [-0.25, -0.2) is 0 Å². The molecule has 1 heterocycles. The fourth-order valence-electron chi connectivity index (χ4n) is 3.67. The van der Waals surface area contributed by atoms with Gasteiger partial charge in [-0.1, -0.05) is 43.9 Å². The normalized spacial score (nSPS) is 20.1. The molecule has 1 atom stereocenters. The standard InChI is InChI=1S/C18H24N2O/c1-21-18(10-4-2-3-5-11-18)17(19)16-8-6-7-14-13-20-12-9-15(14)16/h6-9,12-13,17H,2-5,10-11,19H2,1H3. The Morgan fingerprint density at radius 1 is 1.14 bits per heavy atom. The molecular formula is C18H24N2O. The molecule has 0 bridgehead atoms. The zero-order chi connectivity index (χ0) is 14.7. The minimum absolute atomic E-state index is 0.0910. The van der Waals surface area contributed by atoms with Crippen LogP contribution in [0.25, 0.3) is 10.8 Å². The quantitative estimate of drug-likeness (QED) is 0.867. The molecule has 1 unspecified atom stereocenters. The fraction of sp³-hybridized carbons (Fsp3) is 0.500. The molecule has 1 aliphatic carbocycles. The average Bonchev–Trinajstić information content (AvgIpc) is 2.80. The number of pyridine rings is 1. The van der Waals surface area contributed by atoms with Gasteiger partial charge in [-0.05, 0) is 29.9 Å². The van der Waals surface area contributed by atoms with Crippen molar-refractivity contribution in [3.8, 4) is 0 Å². The predicted molar refractivity (Wildman–Crippen MR) is 86.1 cm³/mol. The summed E-state index contributed by atoms with van der Waals surface area (Å²) in [5, 5.41) is 2.34. The van der Waals surface area contributed by atoms with Gasteiger partial charge in [0.25, 0.3) is 0 Å². The highest BCUT2D eigenvalue weighted by Crippen LogP contribution is 2.40. The highest BCUT2D eigenvalue weighted by molar-refractivity contribution is 5.85. The maximum atomic E-state index is 6.71. The molecule has 1 aromatic heterocycles. The molecule has 0 amide bonds. The first kappa shape index (κ1) is 14.5. The lowest BCUT2D eigenvalue weighted by Crippen LogP contribution is -2.42. The van der Waals surface area contributed by atoms with E-state index in [0.29, 0.717) is 0 Å². The monoisotopic (exact) mass is 284 g/mol. The number of fused-ring (bicyclic) bond motifs is 1. The van der Waals surface area contributed by atoms with Gasteiger partial charge in [0, 0.05) is 24.9 Å². The topological polar surface area (TPSA) is 48.1 Å². The third kappa shape index (κ3) is 2.68. The van der Waals surface area contributed by atoms with Crippen molar-refractivity contribution in [1.29, 1.82) is 0 Å². The Morgan fingerprint density at radius 2 is 1.90 bits per heavy atom. The summed E-state index contributed by atoms with van der Waals surface area (Å²) in [5.74, 6) is 0. The SMILES string of the molecule is COC1(C(N)c2cccc3cnccc23)CCCCCC1. The lowest BCUT2D eigenvalue weighted by atomic mass is 9.81. The number of hydrogen-bond donors (Lipinski definition) is 1. The molecule has 1 aliphatic rings. The molecule has 2 aromatic rings. The number of rotatable bonds is 3. The molecule has 3 heteroatoms. The van der Waals surface area contributed by atoms with E-state index in [-0.39, 0.29) is 11.6 Å². The van der Waals surface area contributed by atoms with E-state index in [1.807, 2.05) is 19.5 Å². The Labute approximate surface area is 126 Å². The van der Waals surface area contributed by atoms with E-state index < -0.39 is 0 Å². The van der Waals surface area contributed by atoms with Crippen molar-refractivity contribution < 1.29 is 4.74 Å². The summed E-state index contributed by atoms with van der Waals surface area (Å²) in [4.78, 5) is 4.21. The molecule has 112 valence electrons. The summed E-state index contributed by atoms with van der Waals surface area (Å²) in [6.07, 6.45) is 10.8. The minimum Gasteiger partial charge on any atom is -0.376 e. The second-order valence-corrected chi connectivity index (χ2v) is 6.10. The molecule has 0 aliphatic heterocycles. The maximum absolute atomic E-state index is 6.71. The van der Waals surface area contributed by atoms with Crippen LogP contribution in [0.5, 0.6) is 0 Å². The van der Waals surface area contributed by atoms with Crippen LogP contribution >= 0.6 is 0 Å². The van der Waals surface area contributed by atoms with Crippen molar-refractivity contribution in [2.75, 3.05) is 7.11 Å². The summed E-state index contributed by atoms with van der Waals surface area (Å²) in [6, 6.07) is 8.26. The van der Waals surface area contributed by atoms with Crippen LogP contribution in [0, 0.1) is 0 Å². The van der Waals surface area contributed by atoms with E-state index in [9.17, 15) is 0 Å². The van der Waals surface area contributed by atoms with Gasteiger partial charge in [-0.2, -0.15) is 0 Å². The molecule has 21 heavy (non-hydrogen) atoms. The number of hydrogen-bond acceptors (Lipinski definition) is 3. The predicted octanol–water partition coefficient (Wildman–Crippen LogP) is 3.97. The molecule has 3 rings (SSSR count). The number of ether oxygens (including phenoxy) is 1. The first-order chi connectivity index (χ1) is 10.3. The summed E-state index contributed by atoms with van der Waals surface area (Å²) < 4.78 is 5.98. The Morgan fingerprint density at radius 3 is 2.62 bits per heavy atom. The van der Waals surface area contributed by atoms with Gasteiger partial charge in [0.1, 0.15) is 0 Å². The van der Waals surface area contributed by atoms with Crippen molar-refractivity contribution in [2.45, 2.75) is 50.2 Å². The van der Waals surface area contributed by atoms with Crippen LogP contribution in [0.4, 0.5) is 0 Å². The summed E-state index contributed by atoms with van der Waals surface area (Å²) in [5.41, 5.74) is 7.66. The molecule has 0 radical (unpaired) electrons. The smallest absolute Gasteiger partial charge is 0.0870 e. The lowest BCUT2D eigenvalue weighted by Gasteiger charge is -2.38. The van der Waals surface area contributed by atoms with Gasteiger partial charge in [-0.15, -0.1) is 0 Å². The third-order valence-electron chi connectivity index (χ3n) is 4.97. The van der Waals surface area contributed by atoms with Crippen LogP contribution in [0.3, 0.4) is 0 Å². The van der Waals surface area contributed by atoms with Gasteiger partial charge in [0.15, 0.2) is 0 Å². The average molecular weight is 284 g/mol. The Balaban J connectivity index is 2.03. The number of methoxy groups -OCH3 is 1. The molecule has 0 spiro atoms. The van der Waals surface area contributed by atoms with Crippen molar-refractivity contribution in [1.82, 2.24) is 4.98 Å². The van der Waals surface area contributed by atoms with E-state index in [1.165, 1.54) is 36.6 Å². The van der Waals surface area contributed by atoms with Crippen LogP contribution < -0.4 is 5.73 Å². The van der Waals surface area contributed by atoms with E-state index in [0.717, 1.165) is 18.2 Å². The van der Waals surface area contributed by atoms with Crippen LogP contribution in [-0.4, -0.2) is 17.7 Å². The second kappa shape index (κ2) is 6.12. The van der Waals surface area contributed by atoms with Gasteiger partial charge in [0.05, 0.1) is 11.6 Å². The lowest BCUT2D eigenvalue weighted by molar-refractivity contribution is -0.0439. The van der Waals surface area contributed by atoms with Crippen molar-refractivity contribution in [2.24, 2.45) is 5.73 Å². The van der Waals surface area contributed by atoms with E-state index in [2.05, 4.69) is 29.2 Å². The van der Waals surface area contributed by atoms with Crippen molar-refractivity contribution >= 4 is 10.8 Å². The maximum Gasteiger partial charge on any atom is 0.0870 e. The number of nitrogens with zero attached hydrogens (tertiary/aromatic N) is 1. The van der Waals surface area contributed by atoms with Crippen LogP contribution in [0.1, 0.15) is 50.1 Å². The molecule has 0 saturated heterocycles. The van der Waals surface area contributed by atoms with Crippen molar-refractivity contribution in [3.63, 3.8) is 0 Å². The first-order valence-corrected chi connectivity index (χ1v) is 7.90. The molecular weight excluding hydrogens is 260 g/mol. The Bertz CT molecular complexity index is 598. The Hall–Kier alpha value is -1.45. The van der Waals surface area contributed by atoms with Gasteiger partial charge in [-0.3, -0.25) is 4.98 Å². The summed E-state index contributed by atoms with van der Waals surface area (Å²) in [7, 11) is 1.82. The van der Waals surface area contributed by atoms with E-state index in [1.54, 1.807) is 0 Å². The van der Waals surface area contributed by atoms with Gasteiger partial charge < -0.3 is 10.5 Å². The van der Waals surface area contributed by atoms with E-state index >= 15 is 0 Å².